The highest BCUT2D eigenvalue weighted by molar-refractivity contribution is 5.94. The molecule has 0 spiro atoms. The number of piperidine rings is 1. The van der Waals surface area contributed by atoms with Gasteiger partial charge in [0.1, 0.15) is 0 Å². The molecule has 1 aliphatic heterocycles. The Kier molecular flexibility index (Phi) is 7.73. The summed E-state index contributed by atoms with van der Waals surface area (Å²) in [5.41, 5.74) is 1.81. The van der Waals surface area contributed by atoms with Gasteiger partial charge in [-0.3, -0.25) is 9.79 Å². The molecule has 25 heavy (non-hydrogen) atoms. The van der Waals surface area contributed by atoms with Gasteiger partial charge in [-0.2, -0.15) is 0 Å². The minimum absolute atomic E-state index is 0.0324. The summed E-state index contributed by atoms with van der Waals surface area (Å²) in [6.07, 6.45) is 2.45. The van der Waals surface area contributed by atoms with E-state index in [0.717, 1.165) is 44.1 Å². The summed E-state index contributed by atoms with van der Waals surface area (Å²) in [5, 5.41) is 6.22. The van der Waals surface area contributed by atoms with Crippen LogP contribution in [-0.4, -0.2) is 56.2 Å². The number of carbonyl (C=O) groups excluding carboxylic acids is 1. The third-order valence-electron chi connectivity index (χ3n) is 4.36. The van der Waals surface area contributed by atoms with Crippen molar-refractivity contribution in [2.24, 2.45) is 4.99 Å². The molecule has 0 bridgehead atoms. The Morgan fingerprint density at radius 3 is 2.44 bits per heavy atom. The average Bonchev–Trinajstić information content (AvgIpc) is 2.64. The second-order valence-corrected chi connectivity index (χ2v) is 6.10. The molecule has 0 aliphatic carbocycles. The van der Waals surface area contributed by atoms with Crippen molar-refractivity contribution in [1.82, 2.24) is 15.5 Å². The molecule has 1 aromatic carbocycles. The fourth-order valence-corrected chi connectivity index (χ4v) is 3.02. The summed E-state index contributed by atoms with van der Waals surface area (Å²) >= 11 is 0. The van der Waals surface area contributed by atoms with E-state index >= 15 is 0 Å². The molecule has 2 N–H and O–H groups in total. The van der Waals surface area contributed by atoms with Gasteiger partial charge in [0.15, 0.2) is 5.96 Å². The molecule has 0 unspecified atom stereocenters. The van der Waals surface area contributed by atoms with Gasteiger partial charge in [-0.05, 0) is 44.4 Å². The van der Waals surface area contributed by atoms with Crippen LogP contribution < -0.4 is 10.6 Å². The molecule has 0 saturated carbocycles. The lowest BCUT2D eigenvalue weighted by Gasteiger charge is -2.34. The quantitative estimate of drug-likeness (QED) is 0.611. The number of likely N-dealkylation sites (tertiary alicyclic amines) is 1. The molecule has 1 aromatic rings. The fraction of sp³-hybridized carbons (Fsp3) is 0.579. The van der Waals surface area contributed by atoms with E-state index < -0.39 is 0 Å². The standard InChI is InChI=1S/C19H30N4O2/c1-4-21-18(24)16-8-6-15(7-9-16)14-22-19(20-3)23-12-10-17(11-13-23)25-5-2/h6-9,17H,4-5,10-14H2,1-3H3,(H,20,22)(H,21,24). The fourth-order valence-electron chi connectivity index (χ4n) is 3.02. The zero-order valence-corrected chi connectivity index (χ0v) is 15.5. The van der Waals surface area contributed by atoms with Gasteiger partial charge in [0.2, 0.25) is 0 Å². The molecule has 6 nitrogen and oxygen atoms in total. The second kappa shape index (κ2) is 10.0. The van der Waals surface area contributed by atoms with Crippen LogP contribution in [0.3, 0.4) is 0 Å². The van der Waals surface area contributed by atoms with Crippen molar-refractivity contribution in [3.8, 4) is 0 Å². The van der Waals surface area contributed by atoms with Crippen molar-refractivity contribution in [2.75, 3.05) is 33.3 Å². The van der Waals surface area contributed by atoms with Crippen molar-refractivity contribution in [2.45, 2.75) is 39.3 Å². The van der Waals surface area contributed by atoms with Gasteiger partial charge < -0.3 is 20.3 Å². The first-order chi connectivity index (χ1) is 12.2. The van der Waals surface area contributed by atoms with Crippen LogP contribution >= 0.6 is 0 Å². The molecule has 1 amide bonds. The zero-order chi connectivity index (χ0) is 18.1. The number of nitrogens with zero attached hydrogens (tertiary/aromatic N) is 2. The Morgan fingerprint density at radius 1 is 1.20 bits per heavy atom. The van der Waals surface area contributed by atoms with E-state index in [0.29, 0.717) is 24.8 Å². The predicted octanol–water partition coefficient (Wildman–Crippen LogP) is 2.01. The highest BCUT2D eigenvalue weighted by Crippen LogP contribution is 2.14. The van der Waals surface area contributed by atoms with Crippen LogP contribution in [0.25, 0.3) is 0 Å². The minimum atomic E-state index is -0.0324. The molecule has 1 fully saturated rings. The monoisotopic (exact) mass is 346 g/mol. The summed E-state index contributed by atoms with van der Waals surface area (Å²) in [4.78, 5) is 18.5. The summed E-state index contributed by atoms with van der Waals surface area (Å²) in [7, 11) is 1.81. The number of ether oxygens (including phenoxy) is 1. The summed E-state index contributed by atoms with van der Waals surface area (Å²) < 4.78 is 5.70. The number of aliphatic imine (C=N–C) groups is 1. The van der Waals surface area contributed by atoms with E-state index in [1.54, 1.807) is 0 Å². The van der Waals surface area contributed by atoms with Crippen LogP contribution in [0.15, 0.2) is 29.3 Å². The van der Waals surface area contributed by atoms with Crippen LogP contribution in [0.5, 0.6) is 0 Å². The number of benzene rings is 1. The van der Waals surface area contributed by atoms with Crippen molar-refractivity contribution in [3.63, 3.8) is 0 Å². The Labute approximate surface area is 150 Å². The van der Waals surface area contributed by atoms with Crippen molar-refractivity contribution in [1.29, 1.82) is 0 Å². The predicted molar refractivity (Wildman–Crippen MR) is 101 cm³/mol. The first-order valence-electron chi connectivity index (χ1n) is 9.12. The van der Waals surface area contributed by atoms with E-state index in [1.165, 1.54) is 0 Å². The van der Waals surface area contributed by atoms with E-state index in [2.05, 4.69) is 20.5 Å². The van der Waals surface area contributed by atoms with Gasteiger partial charge in [0, 0.05) is 45.4 Å². The van der Waals surface area contributed by atoms with Crippen molar-refractivity contribution < 1.29 is 9.53 Å². The molecule has 138 valence electrons. The molecule has 0 atom stereocenters. The molecule has 6 heteroatoms. The normalized spacial score (nSPS) is 16.0. The van der Waals surface area contributed by atoms with Gasteiger partial charge in [-0.1, -0.05) is 12.1 Å². The topological polar surface area (TPSA) is 66.0 Å². The van der Waals surface area contributed by atoms with Crippen LogP contribution in [0.4, 0.5) is 0 Å². The number of rotatable bonds is 6. The Bertz CT molecular complexity index is 563. The second-order valence-electron chi connectivity index (χ2n) is 6.10. The summed E-state index contributed by atoms with van der Waals surface area (Å²) in [5.74, 6) is 0.887. The average molecular weight is 346 g/mol. The highest BCUT2D eigenvalue weighted by atomic mass is 16.5. The van der Waals surface area contributed by atoms with E-state index in [-0.39, 0.29) is 5.91 Å². The third-order valence-corrected chi connectivity index (χ3v) is 4.36. The van der Waals surface area contributed by atoms with Crippen LogP contribution in [0.2, 0.25) is 0 Å². The first-order valence-corrected chi connectivity index (χ1v) is 9.12. The molecule has 0 aromatic heterocycles. The molecular formula is C19H30N4O2. The first kappa shape index (κ1) is 19.2. The zero-order valence-electron chi connectivity index (χ0n) is 15.5. The van der Waals surface area contributed by atoms with Gasteiger partial charge >= 0.3 is 0 Å². The number of amides is 1. The van der Waals surface area contributed by atoms with Gasteiger partial charge in [0.25, 0.3) is 5.91 Å². The lowest BCUT2D eigenvalue weighted by atomic mass is 10.1. The maximum atomic E-state index is 11.8. The minimum Gasteiger partial charge on any atom is -0.378 e. The Balaban J connectivity index is 1.84. The van der Waals surface area contributed by atoms with Gasteiger partial charge in [0.05, 0.1) is 6.10 Å². The molecular weight excluding hydrogens is 316 g/mol. The smallest absolute Gasteiger partial charge is 0.251 e. The van der Waals surface area contributed by atoms with Crippen LogP contribution in [0, 0.1) is 0 Å². The Hall–Kier alpha value is -2.08. The molecule has 1 heterocycles. The van der Waals surface area contributed by atoms with Crippen LogP contribution in [-0.2, 0) is 11.3 Å². The number of carbonyl (C=O) groups is 1. The lowest BCUT2D eigenvalue weighted by Crippen LogP contribution is -2.46. The van der Waals surface area contributed by atoms with Crippen molar-refractivity contribution in [3.05, 3.63) is 35.4 Å². The SMILES string of the molecule is CCNC(=O)c1ccc(CNC(=NC)N2CCC(OCC)CC2)cc1. The third kappa shape index (κ3) is 5.74. The lowest BCUT2D eigenvalue weighted by molar-refractivity contribution is 0.0263. The summed E-state index contributed by atoms with van der Waals surface area (Å²) in [6, 6.07) is 7.68. The maximum absolute atomic E-state index is 11.8. The number of nitrogens with one attached hydrogen (secondary N) is 2. The van der Waals surface area contributed by atoms with E-state index in [9.17, 15) is 4.79 Å². The maximum Gasteiger partial charge on any atom is 0.251 e. The Morgan fingerprint density at radius 2 is 1.88 bits per heavy atom. The number of hydrogen-bond donors (Lipinski definition) is 2. The molecule has 1 aliphatic rings. The van der Waals surface area contributed by atoms with Crippen molar-refractivity contribution >= 4 is 11.9 Å². The molecule has 1 saturated heterocycles. The van der Waals surface area contributed by atoms with Crippen LogP contribution in [0.1, 0.15) is 42.6 Å². The van der Waals surface area contributed by atoms with E-state index in [1.807, 2.05) is 45.2 Å². The molecule has 2 rings (SSSR count). The van der Waals surface area contributed by atoms with Gasteiger partial charge in [-0.15, -0.1) is 0 Å². The van der Waals surface area contributed by atoms with E-state index in [4.69, 9.17) is 4.74 Å². The number of hydrogen-bond acceptors (Lipinski definition) is 3. The molecule has 0 radical (unpaired) electrons. The largest absolute Gasteiger partial charge is 0.378 e. The number of guanidine groups is 1. The van der Waals surface area contributed by atoms with Gasteiger partial charge in [-0.25, -0.2) is 0 Å². The highest BCUT2D eigenvalue weighted by Gasteiger charge is 2.21. The summed E-state index contributed by atoms with van der Waals surface area (Å²) in [6.45, 7) is 7.99.